The van der Waals surface area contributed by atoms with E-state index in [0.29, 0.717) is 6.04 Å². The van der Waals surface area contributed by atoms with Crippen LogP contribution < -0.4 is 5.32 Å². The Hall–Kier alpha value is -0.570. The van der Waals surface area contributed by atoms with Gasteiger partial charge in [-0.25, -0.2) is 0 Å². The highest BCUT2D eigenvalue weighted by Gasteiger charge is 2.47. The largest absolute Gasteiger partial charge is 0.381 e. The maximum absolute atomic E-state index is 4.07. The Labute approximate surface area is 98.6 Å². The zero-order chi connectivity index (χ0) is 10.3. The summed E-state index contributed by atoms with van der Waals surface area (Å²) in [5.41, 5.74) is 1.93. The third kappa shape index (κ3) is 1.67. The van der Waals surface area contributed by atoms with Gasteiger partial charge in [-0.3, -0.25) is 4.98 Å². The van der Waals surface area contributed by atoms with Gasteiger partial charge in [-0.1, -0.05) is 6.42 Å². The summed E-state index contributed by atoms with van der Waals surface area (Å²) in [6.07, 6.45) is 10.8. The second kappa shape index (κ2) is 3.48. The molecule has 0 bridgehead atoms. The molecule has 1 aromatic rings. The van der Waals surface area contributed by atoms with E-state index in [1.54, 1.807) is 0 Å². The standard InChI is InChI=1S/C12H15BrN2/c13-10-8-14-5-2-11(10)15-9-6-12(7-9)3-1-4-12/h2,5,8-9H,1,3-4,6-7H2,(H,14,15). The van der Waals surface area contributed by atoms with Crippen molar-refractivity contribution in [3.63, 3.8) is 0 Å². The van der Waals surface area contributed by atoms with Gasteiger partial charge in [0.1, 0.15) is 0 Å². The molecule has 2 fully saturated rings. The molecule has 0 atom stereocenters. The lowest BCUT2D eigenvalue weighted by Crippen LogP contribution is -2.49. The number of hydrogen-bond donors (Lipinski definition) is 1. The molecule has 0 radical (unpaired) electrons. The first-order chi connectivity index (χ1) is 7.27. The number of aromatic nitrogens is 1. The van der Waals surface area contributed by atoms with Gasteiger partial charge in [-0.15, -0.1) is 0 Å². The number of rotatable bonds is 2. The van der Waals surface area contributed by atoms with Gasteiger partial charge in [-0.2, -0.15) is 0 Å². The monoisotopic (exact) mass is 266 g/mol. The van der Waals surface area contributed by atoms with E-state index in [1.165, 1.54) is 37.8 Å². The van der Waals surface area contributed by atoms with Gasteiger partial charge in [0.05, 0.1) is 10.2 Å². The third-order valence-electron chi connectivity index (χ3n) is 3.91. The van der Waals surface area contributed by atoms with E-state index < -0.39 is 0 Å². The SMILES string of the molecule is Brc1cnccc1NC1CC2(CCC2)C1. The minimum Gasteiger partial charge on any atom is -0.381 e. The summed E-state index contributed by atoms with van der Waals surface area (Å²) >= 11 is 3.51. The number of nitrogens with zero attached hydrogens (tertiary/aromatic N) is 1. The Balaban J connectivity index is 1.61. The van der Waals surface area contributed by atoms with Gasteiger partial charge in [0.2, 0.25) is 0 Å². The number of halogens is 1. The summed E-state index contributed by atoms with van der Waals surface area (Å²) in [5.74, 6) is 0. The first-order valence-corrected chi connectivity index (χ1v) is 6.43. The summed E-state index contributed by atoms with van der Waals surface area (Å²) < 4.78 is 1.07. The zero-order valence-electron chi connectivity index (χ0n) is 8.67. The molecule has 2 aliphatic carbocycles. The Kier molecular flexibility index (Phi) is 2.23. The molecule has 3 heteroatoms. The number of hydrogen-bond acceptors (Lipinski definition) is 2. The highest BCUT2D eigenvalue weighted by atomic mass is 79.9. The zero-order valence-corrected chi connectivity index (χ0v) is 10.3. The second-order valence-corrected chi connectivity index (χ2v) is 5.81. The normalized spacial score (nSPS) is 23.3. The van der Waals surface area contributed by atoms with Gasteiger partial charge >= 0.3 is 0 Å². The van der Waals surface area contributed by atoms with E-state index in [1.807, 2.05) is 18.5 Å². The minimum absolute atomic E-state index is 0.684. The summed E-state index contributed by atoms with van der Waals surface area (Å²) in [5, 5.41) is 3.58. The fraction of sp³-hybridized carbons (Fsp3) is 0.583. The van der Waals surface area contributed by atoms with E-state index in [0.717, 1.165) is 9.89 Å². The first-order valence-electron chi connectivity index (χ1n) is 5.64. The van der Waals surface area contributed by atoms with Crippen molar-refractivity contribution in [1.82, 2.24) is 4.98 Å². The fourth-order valence-electron chi connectivity index (χ4n) is 2.88. The molecule has 1 aromatic heterocycles. The molecule has 1 N–H and O–H groups in total. The fourth-order valence-corrected chi connectivity index (χ4v) is 3.25. The molecule has 2 nitrogen and oxygen atoms in total. The van der Waals surface area contributed by atoms with Gasteiger partial charge in [0.15, 0.2) is 0 Å². The molecule has 1 heterocycles. The predicted octanol–water partition coefficient (Wildman–Crippen LogP) is 3.59. The van der Waals surface area contributed by atoms with E-state index >= 15 is 0 Å². The molecule has 0 aliphatic heterocycles. The van der Waals surface area contributed by atoms with Gasteiger partial charge in [0, 0.05) is 18.4 Å². The third-order valence-corrected chi connectivity index (χ3v) is 4.54. The van der Waals surface area contributed by atoms with Crippen LogP contribution in [0.25, 0.3) is 0 Å². The molecule has 15 heavy (non-hydrogen) atoms. The van der Waals surface area contributed by atoms with Crippen molar-refractivity contribution in [2.24, 2.45) is 5.41 Å². The number of pyridine rings is 1. The molecule has 0 unspecified atom stereocenters. The van der Waals surface area contributed by atoms with E-state index in [2.05, 4.69) is 26.2 Å². The van der Waals surface area contributed by atoms with Crippen LogP contribution in [0.15, 0.2) is 22.9 Å². The first kappa shape index (κ1) is 9.64. The number of anilines is 1. The summed E-state index contributed by atoms with van der Waals surface area (Å²) in [4.78, 5) is 4.07. The van der Waals surface area contributed by atoms with Crippen molar-refractivity contribution >= 4 is 21.6 Å². The highest BCUT2D eigenvalue weighted by molar-refractivity contribution is 9.10. The van der Waals surface area contributed by atoms with E-state index in [9.17, 15) is 0 Å². The van der Waals surface area contributed by atoms with Crippen LogP contribution in [0.5, 0.6) is 0 Å². The maximum atomic E-state index is 4.07. The maximum Gasteiger partial charge on any atom is 0.0590 e. The minimum atomic E-state index is 0.684. The van der Waals surface area contributed by atoms with Crippen LogP contribution in [-0.2, 0) is 0 Å². The lowest BCUT2D eigenvalue weighted by atomic mass is 9.54. The average Bonchev–Trinajstić information content (AvgIpc) is 2.10. The lowest BCUT2D eigenvalue weighted by Gasteiger charge is -2.54. The van der Waals surface area contributed by atoms with Crippen molar-refractivity contribution < 1.29 is 0 Å². The van der Waals surface area contributed by atoms with Crippen molar-refractivity contribution in [3.05, 3.63) is 22.9 Å². The van der Waals surface area contributed by atoms with E-state index in [-0.39, 0.29) is 0 Å². The van der Waals surface area contributed by atoms with Crippen molar-refractivity contribution in [1.29, 1.82) is 0 Å². The van der Waals surface area contributed by atoms with Crippen LogP contribution in [0.1, 0.15) is 32.1 Å². The molecule has 0 saturated heterocycles. The Morgan fingerprint density at radius 3 is 2.80 bits per heavy atom. The molecule has 1 spiro atoms. The predicted molar refractivity (Wildman–Crippen MR) is 64.9 cm³/mol. The quantitative estimate of drug-likeness (QED) is 0.885. The van der Waals surface area contributed by atoms with Gasteiger partial charge in [0.25, 0.3) is 0 Å². The molecule has 80 valence electrons. The molecule has 3 rings (SSSR count). The van der Waals surface area contributed by atoms with Crippen LogP contribution in [-0.4, -0.2) is 11.0 Å². The second-order valence-electron chi connectivity index (χ2n) is 4.96. The van der Waals surface area contributed by atoms with Crippen molar-refractivity contribution in [2.45, 2.75) is 38.1 Å². The smallest absolute Gasteiger partial charge is 0.0590 e. The summed E-state index contributed by atoms with van der Waals surface area (Å²) in [6.45, 7) is 0. The average molecular weight is 267 g/mol. The van der Waals surface area contributed by atoms with Crippen LogP contribution in [0.3, 0.4) is 0 Å². The molecule has 0 amide bonds. The number of nitrogens with one attached hydrogen (secondary N) is 1. The molecule has 2 aliphatic rings. The van der Waals surface area contributed by atoms with E-state index in [4.69, 9.17) is 0 Å². The summed E-state index contributed by atoms with van der Waals surface area (Å²) in [6, 6.07) is 2.72. The molecule has 2 saturated carbocycles. The Bertz CT molecular complexity index is 366. The Morgan fingerprint density at radius 1 is 1.40 bits per heavy atom. The van der Waals surface area contributed by atoms with Gasteiger partial charge < -0.3 is 5.32 Å². The van der Waals surface area contributed by atoms with Crippen molar-refractivity contribution in [2.75, 3.05) is 5.32 Å². The van der Waals surface area contributed by atoms with Crippen LogP contribution in [0, 0.1) is 5.41 Å². The van der Waals surface area contributed by atoms with Crippen molar-refractivity contribution in [3.8, 4) is 0 Å². The van der Waals surface area contributed by atoms with Crippen LogP contribution >= 0.6 is 15.9 Å². The summed E-state index contributed by atoms with van der Waals surface area (Å²) in [7, 11) is 0. The molecular weight excluding hydrogens is 252 g/mol. The van der Waals surface area contributed by atoms with Crippen LogP contribution in [0.2, 0.25) is 0 Å². The molecule has 0 aromatic carbocycles. The highest BCUT2D eigenvalue weighted by Crippen LogP contribution is 2.56. The van der Waals surface area contributed by atoms with Gasteiger partial charge in [-0.05, 0) is 53.1 Å². The molecular formula is C12H15BrN2. The lowest BCUT2D eigenvalue weighted by molar-refractivity contribution is 0.0192. The topological polar surface area (TPSA) is 24.9 Å². The Morgan fingerprint density at radius 2 is 2.20 bits per heavy atom. The van der Waals surface area contributed by atoms with Crippen LogP contribution in [0.4, 0.5) is 5.69 Å².